The van der Waals surface area contributed by atoms with Gasteiger partial charge >= 0.3 is 0 Å². The molecule has 3 saturated heterocycles. The van der Waals surface area contributed by atoms with Gasteiger partial charge in [-0.25, -0.2) is 0 Å². The van der Waals surface area contributed by atoms with Crippen molar-refractivity contribution < 1.29 is 23.7 Å². The van der Waals surface area contributed by atoms with Crippen LogP contribution in [0, 0.1) is 6.92 Å². The Kier molecular flexibility index (Phi) is 3.79. The Bertz CT molecular complexity index is 609. The first-order valence-electron chi connectivity index (χ1n) is 8.64. The highest BCUT2D eigenvalue weighted by atomic mass is 16.8. The first-order chi connectivity index (χ1) is 11.2. The van der Waals surface area contributed by atoms with Gasteiger partial charge in [0.1, 0.15) is 30.5 Å². The molecule has 4 rings (SSSR count). The van der Waals surface area contributed by atoms with Gasteiger partial charge < -0.3 is 23.7 Å². The molecule has 3 fully saturated rings. The van der Waals surface area contributed by atoms with E-state index in [-0.39, 0.29) is 30.5 Å². The third-order valence-corrected chi connectivity index (χ3v) is 4.89. The minimum atomic E-state index is -0.616. The minimum Gasteiger partial charge on any atom is -0.362 e. The van der Waals surface area contributed by atoms with E-state index in [4.69, 9.17) is 23.7 Å². The summed E-state index contributed by atoms with van der Waals surface area (Å²) in [5.74, 6) is -1.20. The summed E-state index contributed by atoms with van der Waals surface area (Å²) in [5.41, 5.74) is 2.33. The Balaban J connectivity index is 1.61. The molecular weight excluding hydrogens is 308 g/mol. The quantitative estimate of drug-likeness (QED) is 0.832. The van der Waals surface area contributed by atoms with Gasteiger partial charge in [-0.2, -0.15) is 0 Å². The van der Waals surface area contributed by atoms with E-state index in [1.54, 1.807) is 0 Å². The number of benzene rings is 1. The first kappa shape index (κ1) is 16.5. The van der Waals surface area contributed by atoms with E-state index in [2.05, 4.69) is 31.2 Å². The van der Waals surface area contributed by atoms with Crippen molar-refractivity contribution in [2.24, 2.45) is 0 Å². The van der Waals surface area contributed by atoms with Crippen molar-refractivity contribution in [2.75, 3.05) is 6.61 Å². The van der Waals surface area contributed by atoms with Crippen molar-refractivity contribution in [3.8, 4) is 0 Å². The molecule has 1 aromatic rings. The van der Waals surface area contributed by atoms with Gasteiger partial charge in [0.15, 0.2) is 11.6 Å². The second kappa shape index (κ2) is 5.51. The summed E-state index contributed by atoms with van der Waals surface area (Å²) in [6.07, 6.45) is -0.811. The van der Waals surface area contributed by atoms with E-state index in [1.165, 1.54) is 5.56 Å². The summed E-state index contributed by atoms with van der Waals surface area (Å²) in [4.78, 5) is 0. The molecule has 5 nitrogen and oxygen atoms in total. The lowest BCUT2D eigenvalue weighted by atomic mass is 9.99. The van der Waals surface area contributed by atoms with Crippen LogP contribution >= 0.6 is 0 Å². The van der Waals surface area contributed by atoms with Crippen molar-refractivity contribution in [3.05, 3.63) is 35.4 Å². The third-order valence-electron chi connectivity index (χ3n) is 4.89. The maximum atomic E-state index is 6.37. The van der Waals surface area contributed by atoms with Crippen molar-refractivity contribution in [1.82, 2.24) is 0 Å². The molecule has 0 aromatic heterocycles. The van der Waals surface area contributed by atoms with Gasteiger partial charge in [-0.15, -0.1) is 0 Å². The fourth-order valence-corrected chi connectivity index (χ4v) is 3.83. The number of hydrogen-bond acceptors (Lipinski definition) is 5. The average Bonchev–Trinajstić information content (AvgIpc) is 3.10. The Morgan fingerprint density at radius 2 is 1.50 bits per heavy atom. The topological polar surface area (TPSA) is 46.2 Å². The van der Waals surface area contributed by atoms with Gasteiger partial charge in [0.2, 0.25) is 0 Å². The van der Waals surface area contributed by atoms with Crippen LogP contribution in [0.15, 0.2) is 24.3 Å². The summed E-state index contributed by atoms with van der Waals surface area (Å²) >= 11 is 0. The van der Waals surface area contributed by atoms with Crippen molar-refractivity contribution in [2.45, 2.75) is 76.7 Å². The molecule has 0 spiro atoms. The Morgan fingerprint density at radius 3 is 2.12 bits per heavy atom. The van der Waals surface area contributed by atoms with Gasteiger partial charge in [-0.1, -0.05) is 29.8 Å². The molecule has 0 aliphatic carbocycles. The van der Waals surface area contributed by atoms with Crippen molar-refractivity contribution in [3.63, 3.8) is 0 Å². The highest BCUT2D eigenvalue weighted by Gasteiger charge is 2.59. The molecule has 132 valence electrons. The Morgan fingerprint density at radius 1 is 0.833 bits per heavy atom. The van der Waals surface area contributed by atoms with Crippen LogP contribution < -0.4 is 0 Å². The maximum Gasteiger partial charge on any atom is 0.164 e. The smallest absolute Gasteiger partial charge is 0.164 e. The molecule has 0 unspecified atom stereocenters. The first-order valence-corrected chi connectivity index (χ1v) is 8.64. The molecule has 0 bridgehead atoms. The summed E-state index contributed by atoms with van der Waals surface area (Å²) < 4.78 is 30.5. The van der Waals surface area contributed by atoms with E-state index in [0.29, 0.717) is 6.61 Å². The highest BCUT2D eigenvalue weighted by molar-refractivity contribution is 5.26. The standard InChI is InChI=1S/C19H26O5/c1-11-6-8-12(9-7-11)14-16-17(24-19(4,5)23-16)15(21-14)13-10-20-18(2,3)22-13/h6-9,13-17H,10H2,1-5H3/t13-,14-,15-,16-,17+/m1/s1. The van der Waals surface area contributed by atoms with Crippen molar-refractivity contribution >= 4 is 0 Å². The molecule has 1 aromatic carbocycles. The van der Waals surface area contributed by atoms with E-state index >= 15 is 0 Å². The molecule has 0 radical (unpaired) electrons. The lowest BCUT2D eigenvalue weighted by Crippen LogP contribution is -2.40. The van der Waals surface area contributed by atoms with Crippen LogP contribution in [0.5, 0.6) is 0 Å². The number of rotatable bonds is 2. The molecule has 5 atom stereocenters. The average molecular weight is 334 g/mol. The van der Waals surface area contributed by atoms with Crippen molar-refractivity contribution in [1.29, 1.82) is 0 Å². The molecule has 0 N–H and O–H groups in total. The Labute approximate surface area is 143 Å². The highest BCUT2D eigenvalue weighted by Crippen LogP contribution is 2.47. The van der Waals surface area contributed by atoms with Crippen LogP contribution in [0.3, 0.4) is 0 Å². The second-order valence-corrected chi connectivity index (χ2v) is 7.86. The van der Waals surface area contributed by atoms with Crippen LogP contribution in [0.2, 0.25) is 0 Å². The zero-order chi connectivity index (χ0) is 17.1. The van der Waals surface area contributed by atoms with Crippen LogP contribution in [-0.4, -0.2) is 42.6 Å². The number of hydrogen-bond donors (Lipinski definition) is 0. The summed E-state index contributed by atoms with van der Waals surface area (Å²) in [6.45, 7) is 10.3. The molecule has 0 amide bonds. The van der Waals surface area contributed by atoms with Crippen LogP contribution in [0.4, 0.5) is 0 Å². The SMILES string of the molecule is Cc1ccc([C@H]2O[C@H]([C@H]3COC(C)(C)O3)[C@@H]3OC(C)(C)O[C@@H]32)cc1. The van der Waals surface area contributed by atoms with Crippen LogP contribution in [-0.2, 0) is 23.7 Å². The summed E-state index contributed by atoms with van der Waals surface area (Å²) in [7, 11) is 0. The third kappa shape index (κ3) is 2.89. The second-order valence-electron chi connectivity index (χ2n) is 7.86. The fraction of sp³-hybridized carbons (Fsp3) is 0.684. The zero-order valence-electron chi connectivity index (χ0n) is 14.9. The molecule has 0 saturated carbocycles. The van der Waals surface area contributed by atoms with Gasteiger partial charge in [0.25, 0.3) is 0 Å². The Hall–Kier alpha value is -0.980. The van der Waals surface area contributed by atoms with Crippen LogP contribution in [0.25, 0.3) is 0 Å². The normalized spacial score (nSPS) is 40.0. The molecule has 3 heterocycles. The number of fused-ring (bicyclic) bond motifs is 1. The predicted molar refractivity (Wildman–Crippen MR) is 87.5 cm³/mol. The largest absolute Gasteiger partial charge is 0.362 e. The van der Waals surface area contributed by atoms with Crippen LogP contribution in [0.1, 0.15) is 44.9 Å². The van der Waals surface area contributed by atoms with Gasteiger partial charge in [-0.05, 0) is 40.2 Å². The molecule has 3 aliphatic heterocycles. The molecule has 24 heavy (non-hydrogen) atoms. The van der Waals surface area contributed by atoms with E-state index < -0.39 is 11.6 Å². The molecule has 5 heteroatoms. The van der Waals surface area contributed by atoms with Gasteiger partial charge in [0.05, 0.1) is 6.61 Å². The fourth-order valence-electron chi connectivity index (χ4n) is 3.83. The molecular formula is C19H26O5. The maximum absolute atomic E-state index is 6.37. The van der Waals surface area contributed by atoms with E-state index in [0.717, 1.165) is 5.56 Å². The predicted octanol–water partition coefficient (Wildman–Crippen LogP) is 3.11. The summed E-state index contributed by atoms with van der Waals surface area (Å²) in [5, 5.41) is 0. The van der Waals surface area contributed by atoms with E-state index in [1.807, 2.05) is 27.7 Å². The monoisotopic (exact) mass is 334 g/mol. The summed E-state index contributed by atoms with van der Waals surface area (Å²) in [6, 6.07) is 8.40. The minimum absolute atomic E-state index is 0.139. The number of aryl methyl sites for hydroxylation is 1. The van der Waals surface area contributed by atoms with Gasteiger partial charge in [-0.3, -0.25) is 0 Å². The van der Waals surface area contributed by atoms with E-state index in [9.17, 15) is 0 Å². The lowest BCUT2D eigenvalue weighted by molar-refractivity contribution is -0.207. The lowest BCUT2D eigenvalue weighted by Gasteiger charge is -2.27. The van der Waals surface area contributed by atoms with Gasteiger partial charge in [0, 0.05) is 0 Å². The number of ether oxygens (including phenoxy) is 5. The zero-order valence-corrected chi connectivity index (χ0v) is 14.9. The molecule has 3 aliphatic rings.